The zero-order chi connectivity index (χ0) is 20.9. The van der Waals surface area contributed by atoms with Crippen LogP contribution in [0.25, 0.3) is 11.5 Å². The Morgan fingerprint density at radius 2 is 2.13 bits per heavy atom. The molecule has 0 fully saturated rings. The largest absolute Gasteiger partial charge is 0.378 e. The Morgan fingerprint density at radius 1 is 1.23 bits per heavy atom. The van der Waals surface area contributed by atoms with Crippen molar-refractivity contribution >= 4 is 22.9 Å². The smallest absolute Gasteiger partial charge is 0.251 e. The average Bonchev–Trinajstić information content (AvgIpc) is 3.43. The standard InChI is InChI=1S/C21H21N7OS/c1-14(16-7-9-30-12-16)25-21(29)15-4-3-5-17(10-15)23-11-19-26-27-20(28(19)2)18-6-8-22-13-24-18/h3-10,12-14,23H,11H2,1-2H3,(H,25,29). The fraction of sp³-hybridized carbons (Fsp3) is 0.190. The van der Waals surface area contributed by atoms with Crippen LogP contribution in [-0.2, 0) is 13.6 Å². The lowest BCUT2D eigenvalue weighted by Crippen LogP contribution is -2.26. The van der Waals surface area contributed by atoms with E-state index in [1.165, 1.54) is 6.33 Å². The van der Waals surface area contributed by atoms with Gasteiger partial charge in [0.1, 0.15) is 12.0 Å². The molecule has 9 heteroatoms. The van der Waals surface area contributed by atoms with Gasteiger partial charge in [-0.25, -0.2) is 9.97 Å². The van der Waals surface area contributed by atoms with E-state index in [1.54, 1.807) is 29.7 Å². The van der Waals surface area contributed by atoms with Crippen LogP contribution in [0, 0.1) is 0 Å². The Hall–Kier alpha value is -3.59. The summed E-state index contributed by atoms with van der Waals surface area (Å²) in [4.78, 5) is 20.8. The van der Waals surface area contributed by atoms with Crippen LogP contribution >= 0.6 is 11.3 Å². The molecule has 2 N–H and O–H groups in total. The highest BCUT2D eigenvalue weighted by Gasteiger charge is 2.14. The zero-order valence-corrected chi connectivity index (χ0v) is 17.4. The summed E-state index contributed by atoms with van der Waals surface area (Å²) in [6, 6.07) is 11.2. The molecule has 1 aromatic carbocycles. The van der Waals surface area contributed by atoms with Crippen molar-refractivity contribution in [2.75, 3.05) is 5.32 Å². The number of amides is 1. The van der Waals surface area contributed by atoms with Crippen molar-refractivity contribution < 1.29 is 4.79 Å². The second-order valence-electron chi connectivity index (χ2n) is 6.78. The van der Waals surface area contributed by atoms with E-state index in [1.807, 2.05) is 53.6 Å². The third-order valence-electron chi connectivity index (χ3n) is 4.74. The minimum absolute atomic E-state index is 0.0424. The molecule has 1 atom stereocenters. The molecule has 0 aliphatic rings. The topological polar surface area (TPSA) is 97.6 Å². The molecule has 3 aromatic heterocycles. The van der Waals surface area contributed by atoms with Gasteiger partial charge in [0.15, 0.2) is 11.6 Å². The molecule has 0 aliphatic carbocycles. The summed E-state index contributed by atoms with van der Waals surface area (Å²) in [6.45, 7) is 2.44. The van der Waals surface area contributed by atoms with E-state index in [9.17, 15) is 4.79 Å². The van der Waals surface area contributed by atoms with Gasteiger partial charge in [0.25, 0.3) is 5.91 Å². The molecule has 30 heavy (non-hydrogen) atoms. The Bertz CT molecular complexity index is 1130. The number of benzene rings is 1. The second-order valence-corrected chi connectivity index (χ2v) is 7.56. The number of hydrogen-bond donors (Lipinski definition) is 2. The Balaban J connectivity index is 1.41. The van der Waals surface area contributed by atoms with Gasteiger partial charge in [-0.3, -0.25) is 4.79 Å². The first-order valence-electron chi connectivity index (χ1n) is 9.43. The lowest BCUT2D eigenvalue weighted by molar-refractivity contribution is 0.0940. The molecule has 3 heterocycles. The van der Waals surface area contributed by atoms with E-state index in [4.69, 9.17) is 0 Å². The predicted octanol–water partition coefficient (Wildman–Crippen LogP) is 3.44. The van der Waals surface area contributed by atoms with Gasteiger partial charge in [-0.05, 0) is 53.6 Å². The van der Waals surface area contributed by atoms with Gasteiger partial charge in [-0.15, -0.1) is 10.2 Å². The van der Waals surface area contributed by atoms with Gasteiger partial charge in [0.2, 0.25) is 0 Å². The number of aromatic nitrogens is 5. The fourth-order valence-corrected chi connectivity index (χ4v) is 3.75. The van der Waals surface area contributed by atoms with Crippen molar-refractivity contribution in [2.45, 2.75) is 19.5 Å². The maximum Gasteiger partial charge on any atom is 0.251 e. The number of carbonyl (C=O) groups excluding carboxylic acids is 1. The van der Waals surface area contributed by atoms with E-state index >= 15 is 0 Å². The molecule has 8 nitrogen and oxygen atoms in total. The summed E-state index contributed by atoms with van der Waals surface area (Å²) >= 11 is 1.62. The van der Waals surface area contributed by atoms with Gasteiger partial charge in [-0.2, -0.15) is 11.3 Å². The number of nitrogens with one attached hydrogen (secondary N) is 2. The van der Waals surface area contributed by atoms with Crippen molar-refractivity contribution in [1.82, 2.24) is 30.0 Å². The van der Waals surface area contributed by atoms with Crippen LogP contribution in [0.5, 0.6) is 0 Å². The summed E-state index contributed by atoms with van der Waals surface area (Å²) in [6.07, 6.45) is 3.16. The Labute approximate surface area is 178 Å². The summed E-state index contributed by atoms with van der Waals surface area (Å²) in [7, 11) is 1.89. The normalized spacial score (nSPS) is 11.8. The zero-order valence-electron chi connectivity index (χ0n) is 16.6. The molecule has 0 aliphatic heterocycles. The molecule has 0 saturated heterocycles. The lowest BCUT2D eigenvalue weighted by Gasteiger charge is -2.13. The molecule has 152 valence electrons. The Kier molecular flexibility index (Phi) is 5.80. The molecule has 0 saturated carbocycles. The molecule has 4 rings (SSSR count). The fourth-order valence-electron chi connectivity index (χ4n) is 3.00. The van der Waals surface area contributed by atoms with E-state index in [2.05, 4.69) is 30.8 Å². The number of thiophene rings is 1. The molecule has 4 aromatic rings. The minimum Gasteiger partial charge on any atom is -0.378 e. The molecule has 1 amide bonds. The number of anilines is 1. The van der Waals surface area contributed by atoms with Crippen LogP contribution in [0.4, 0.5) is 5.69 Å². The van der Waals surface area contributed by atoms with Crippen molar-refractivity contribution in [1.29, 1.82) is 0 Å². The first kappa shape index (κ1) is 19.7. The molecule has 0 bridgehead atoms. The third-order valence-corrected chi connectivity index (χ3v) is 5.44. The van der Waals surface area contributed by atoms with E-state index in [0.717, 1.165) is 17.1 Å². The molecule has 0 spiro atoms. The van der Waals surface area contributed by atoms with E-state index < -0.39 is 0 Å². The highest BCUT2D eigenvalue weighted by atomic mass is 32.1. The highest BCUT2D eigenvalue weighted by molar-refractivity contribution is 7.07. The second kappa shape index (κ2) is 8.83. The number of hydrogen-bond acceptors (Lipinski definition) is 7. The first-order valence-corrected chi connectivity index (χ1v) is 10.4. The van der Waals surface area contributed by atoms with Gasteiger partial charge >= 0.3 is 0 Å². The van der Waals surface area contributed by atoms with E-state index in [-0.39, 0.29) is 11.9 Å². The quantitative estimate of drug-likeness (QED) is 0.476. The van der Waals surface area contributed by atoms with Crippen LogP contribution in [0.15, 0.2) is 59.7 Å². The average molecular weight is 420 g/mol. The minimum atomic E-state index is -0.109. The summed E-state index contributed by atoms with van der Waals surface area (Å²) in [5.41, 5.74) is 3.24. The van der Waals surface area contributed by atoms with Crippen molar-refractivity contribution in [3.8, 4) is 11.5 Å². The highest BCUT2D eigenvalue weighted by Crippen LogP contribution is 2.18. The van der Waals surface area contributed by atoms with Crippen molar-refractivity contribution in [3.05, 3.63) is 76.6 Å². The first-order chi connectivity index (χ1) is 14.6. The van der Waals surface area contributed by atoms with Gasteiger partial charge in [0, 0.05) is 24.5 Å². The SMILES string of the molecule is CC(NC(=O)c1cccc(NCc2nnc(-c3ccncn3)n2C)c1)c1ccsc1. The maximum absolute atomic E-state index is 12.6. The maximum atomic E-state index is 12.6. The number of nitrogens with zero attached hydrogens (tertiary/aromatic N) is 5. The number of rotatable bonds is 7. The molecular formula is C21H21N7OS. The van der Waals surface area contributed by atoms with Crippen LogP contribution in [-0.4, -0.2) is 30.6 Å². The molecule has 0 radical (unpaired) electrons. The van der Waals surface area contributed by atoms with E-state index in [0.29, 0.717) is 23.6 Å². The predicted molar refractivity (Wildman–Crippen MR) is 116 cm³/mol. The third kappa shape index (κ3) is 4.36. The van der Waals surface area contributed by atoms with Gasteiger partial charge in [0.05, 0.1) is 12.6 Å². The summed E-state index contributed by atoms with van der Waals surface area (Å²) < 4.78 is 1.88. The molecular weight excluding hydrogens is 398 g/mol. The van der Waals surface area contributed by atoms with Gasteiger partial charge in [-0.1, -0.05) is 6.07 Å². The van der Waals surface area contributed by atoms with Crippen LogP contribution in [0.3, 0.4) is 0 Å². The summed E-state index contributed by atoms with van der Waals surface area (Å²) in [5, 5.41) is 18.9. The van der Waals surface area contributed by atoms with Gasteiger partial charge < -0.3 is 15.2 Å². The Morgan fingerprint density at radius 3 is 2.90 bits per heavy atom. The van der Waals surface area contributed by atoms with Crippen LogP contribution < -0.4 is 10.6 Å². The van der Waals surface area contributed by atoms with Crippen LogP contribution in [0.2, 0.25) is 0 Å². The lowest BCUT2D eigenvalue weighted by atomic mass is 10.1. The summed E-state index contributed by atoms with van der Waals surface area (Å²) in [5.74, 6) is 1.32. The number of carbonyl (C=O) groups is 1. The van der Waals surface area contributed by atoms with Crippen molar-refractivity contribution in [2.24, 2.45) is 7.05 Å². The molecule has 1 unspecified atom stereocenters. The van der Waals surface area contributed by atoms with Crippen molar-refractivity contribution in [3.63, 3.8) is 0 Å². The monoisotopic (exact) mass is 419 g/mol. The van der Waals surface area contributed by atoms with Crippen LogP contribution in [0.1, 0.15) is 34.7 Å².